The van der Waals surface area contributed by atoms with Gasteiger partial charge in [0.2, 0.25) is 88.6 Å². The molecular formula is C90H127BN20O22S. The van der Waals surface area contributed by atoms with E-state index in [0.29, 0.717) is 44.0 Å². The predicted molar refractivity (Wildman–Crippen MR) is 496 cm³/mol. The lowest BCUT2D eigenvalue weighted by Gasteiger charge is -2.33. The van der Waals surface area contributed by atoms with E-state index in [1.165, 1.54) is 75.8 Å². The smallest absolute Gasteiger partial charge is 0.490 e. The third kappa shape index (κ3) is 31.0. The fourth-order valence-electron chi connectivity index (χ4n) is 15.9. The molecule has 15 atom stereocenters. The number of primary amides is 2. The van der Waals surface area contributed by atoms with Gasteiger partial charge in [-0.15, -0.1) is 11.8 Å². The number of likely N-dealkylation sites (tertiary alicyclic amines) is 2. The van der Waals surface area contributed by atoms with Crippen LogP contribution in [0.2, 0.25) is 0 Å². The zero-order chi connectivity index (χ0) is 98.5. The topological polar surface area (TPSA) is 628 Å². The number of carbonyl (C=O) groups excluding carboxylic acids is 15. The van der Waals surface area contributed by atoms with Crippen molar-refractivity contribution in [3.63, 3.8) is 0 Å². The van der Waals surface area contributed by atoms with E-state index in [2.05, 4.69) is 63.5 Å². The summed E-state index contributed by atoms with van der Waals surface area (Å²) in [5.41, 5.74) is 20.9. The summed E-state index contributed by atoms with van der Waals surface area (Å²) in [5.74, 6) is -15.5. The van der Waals surface area contributed by atoms with Gasteiger partial charge in [-0.05, 0) is 110 Å². The molecule has 0 bridgehead atoms. The highest BCUT2D eigenvalue weighted by Crippen LogP contribution is 2.28. The zero-order valence-corrected chi connectivity index (χ0v) is 77.7. The number of amides is 15. The molecule has 4 aromatic carbocycles. The lowest BCUT2D eigenvalue weighted by atomic mass is 9.79. The number of aliphatic hydroxyl groups excluding tert-OH is 2. The number of carbonyl (C=O) groups is 16. The predicted octanol–water partition coefficient (Wildman–Crippen LogP) is -4.18. The third-order valence-corrected chi connectivity index (χ3v) is 24.3. The van der Waals surface area contributed by atoms with Gasteiger partial charge >= 0.3 is 13.1 Å². The lowest BCUT2D eigenvalue weighted by Crippen LogP contribution is -2.62. The largest absolute Gasteiger partial charge is 0.508 e. The molecule has 0 radical (unpaired) electrons. The van der Waals surface area contributed by atoms with Crippen LogP contribution < -0.4 is 81.1 Å². The van der Waals surface area contributed by atoms with Gasteiger partial charge in [0, 0.05) is 127 Å². The number of hydrogen-bond donors (Lipinski definition) is 20. The number of fused-ring (bicyclic) bond motifs is 2. The number of para-hydroxylation sites is 2. The number of benzene rings is 4. The van der Waals surface area contributed by atoms with Gasteiger partial charge in [0.15, 0.2) is 0 Å². The Balaban J connectivity index is 0.994. The van der Waals surface area contributed by atoms with Crippen molar-refractivity contribution in [2.24, 2.45) is 29.0 Å². The van der Waals surface area contributed by atoms with E-state index < -0.39 is 231 Å². The standard InChI is InChI=1S/C90H127BN20O22S/c1-11-50(4)78(106-84(125)69(42-96-39-51(5)112)104-85(126)72-24-17-31-110(72)89(130)68(38-74(93)115)102-79(120)52(6)108(9)88(129)66(34-53-25-27-58(113)28-26-53)99-76(117)48-134-47-70(81(122)98-43-75(94)116)105-80(121)62(92)32-49(2)3)90(131)111-45-59(114)37-73(111)86(127)101-65(35-55-41-97-63-22-14-12-20-60(55)63)83(124)100-64(29-30-95-40-54-18-16-19-57(33-54)91(132)133-10)82(123)103-67(87(128)107(7)8)36-56-44-109(46-77(118)119)71-23-15-13-21-61(56)71/h12-16,18-23,25-28,33,41,44,49-52,59,62,64-70,72-73,78,95-97,112-114,132H,11,17,24,29-32,34-40,42-43,45-48,92H2,1-10H3,(H2,93,115)(H2,94,116)(H,98,122)(H,99,117)(H,100,124)(H,101,127)(H,102,120)(H,103,123)(H,104,126)(H,105,121)(H,106,125)(H,118,119)/t50?,51-,52-,59+,62-,64-,65-,66-,67-,68-,69-,70-,72-,73-,78-/m0/s1. The van der Waals surface area contributed by atoms with E-state index in [1.54, 1.807) is 99.0 Å². The van der Waals surface area contributed by atoms with Gasteiger partial charge < -0.3 is 135 Å². The summed E-state index contributed by atoms with van der Waals surface area (Å²) in [5, 5.41) is 83.7. The van der Waals surface area contributed by atoms with Crippen LogP contribution in [0.4, 0.5) is 0 Å². The number of thioether (sulfide) groups is 1. The van der Waals surface area contributed by atoms with E-state index in [0.717, 1.165) is 32.0 Å². The third-order valence-electron chi connectivity index (χ3n) is 23.3. The Kier molecular flexibility index (Phi) is 40.7. The molecular weight excluding hydrogens is 1760 g/mol. The number of rotatable bonds is 52. The Hall–Kier alpha value is -12.6. The van der Waals surface area contributed by atoms with Crippen LogP contribution >= 0.6 is 11.8 Å². The van der Waals surface area contributed by atoms with Crippen molar-refractivity contribution in [1.29, 1.82) is 0 Å². The number of aromatic nitrogens is 2. The maximum Gasteiger partial charge on any atom is 0.490 e. The number of H-pyrrole nitrogens is 1. The number of aromatic amines is 1. The fraction of sp³-hybridized carbons (Fsp3) is 0.511. The SMILES string of the molecule is CCC(C)[C@H](NC(=O)[C@H](CNC[C@H](C)O)NC(=O)[C@@H]1CCCN1C(=O)[C@H](CC(N)=O)NC(=O)[C@H](C)N(C)C(=O)[C@H](Cc1ccc(O)cc1)NC(=O)CSC[C@H](NC(=O)[C@@H](N)CC(C)C)C(=O)NCC(N)=O)C(=O)N1C[C@H](O)C[C@H]1C(=O)N[C@@H](Cc1c[nH]c2ccccc12)C(=O)N[C@@H](CCNCc1cccc(B(O)OC)c1)C(=O)N[C@@H](Cc1cn(CC(=O)O)c2ccccc12)C(=O)N(C)C. The molecule has 2 aromatic heterocycles. The summed E-state index contributed by atoms with van der Waals surface area (Å²) in [4.78, 5) is 233. The molecule has 0 spiro atoms. The molecule has 44 heteroatoms. The molecule has 2 saturated heterocycles. The highest BCUT2D eigenvalue weighted by Gasteiger charge is 2.46. The number of phenolic OH excluding ortho intramolecular Hbond substituents is 1. The van der Waals surface area contributed by atoms with Gasteiger partial charge in [-0.1, -0.05) is 107 Å². The molecule has 0 saturated carbocycles. The summed E-state index contributed by atoms with van der Waals surface area (Å²) in [7, 11) is 4.34. The molecule has 728 valence electrons. The number of β-amino-alcohol motifs (C(OH)–C–C–N with tert-alkyl or cyclic N) is 1. The van der Waals surface area contributed by atoms with E-state index in [9.17, 15) is 78.2 Å². The van der Waals surface area contributed by atoms with Crippen LogP contribution in [-0.4, -0.2) is 320 Å². The minimum Gasteiger partial charge on any atom is -0.508 e. The maximum absolute atomic E-state index is 15.5. The Bertz CT molecular complexity index is 5140. The number of likely N-dealkylation sites (N-methyl/N-ethyl adjacent to an activating group) is 2. The Morgan fingerprint density at radius 1 is 0.642 bits per heavy atom. The quantitative estimate of drug-likeness (QED) is 0.0127. The number of carboxylic acid groups (broad SMARTS) is 1. The molecule has 134 heavy (non-hydrogen) atoms. The molecule has 0 aliphatic carbocycles. The van der Waals surface area contributed by atoms with Gasteiger partial charge in [-0.25, -0.2) is 0 Å². The van der Waals surface area contributed by atoms with Crippen LogP contribution in [0.5, 0.6) is 5.75 Å². The second kappa shape index (κ2) is 51.0. The van der Waals surface area contributed by atoms with Crippen molar-refractivity contribution in [2.45, 2.75) is 204 Å². The van der Waals surface area contributed by atoms with Crippen LogP contribution in [0.3, 0.4) is 0 Å². The number of hydrogen-bond acceptors (Lipinski definition) is 25. The van der Waals surface area contributed by atoms with Crippen LogP contribution in [-0.2, 0) is 114 Å². The molecule has 2 aliphatic heterocycles. The number of nitrogens with one attached hydrogen (secondary N) is 12. The first-order valence-corrected chi connectivity index (χ1v) is 45.6. The summed E-state index contributed by atoms with van der Waals surface area (Å²) >= 11 is 0.876. The van der Waals surface area contributed by atoms with E-state index >= 15 is 24.0 Å². The molecule has 8 rings (SSSR count). The maximum atomic E-state index is 15.5. The molecule has 42 nitrogen and oxygen atoms in total. The molecule has 1 unspecified atom stereocenters. The molecule has 4 heterocycles. The number of nitrogens with two attached hydrogens (primary N) is 3. The molecule has 23 N–H and O–H groups in total. The number of aliphatic hydroxyl groups is 2. The monoisotopic (exact) mass is 1880 g/mol. The number of nitrogens with zero attached hydrogens (tertiary/aromatic N) is 5. The van der Waals surface area contributed by atoms with Crippen molar-refractivity contribution in [2.75, 3.05) is 79.0 Å². The molecule has 2 aliphatic rings. The first-order valence-electron chi connectivity index (χ1n) is 44.4. The Morgan fingerprint density at radius 2 is 1.28 bits per heavy atom. The van der Waals surface area contributed by atoms with Crippen molar-refractivity contribution in [3.8, 4) is 5.75 Å². The van der Waals surface area contributed by atoms with E-state index in [1.807, 2.05) is 13.8 Å². The number of aliphatic carboxylic acids is 1. The average Bonchev–Trinajstić information content (AvgIpc) is 1.64. The second-order valence-corrected chi connectivity index (χ2v) is 35.6. The first kappa shape index (κ1) is 107. The van der Waals surface area contributed by atoms with Crippen molar-refractivity contribution in [3.05, 3.63) is 132 Å². The molecule has 6 aromatic rings. The highest BCUT2D eigenvalue weighted by atomic mass is 32.2. The summed E-state index contributed by atoms with van der Waals surface area (Å²) in [6, 6.07) is 9.33. The number of phenols is 1. The van der Waals surface area contributed by atoms with Crippen molar-refractivity contribution < 1.29 is 107 Å². The number of carboxylic acids is 1. The van der Waals surface area contributed by atoms with Crippen LogP contribution in [0.15, 0.2) is 109 Å². The second-order valence-electron chi connectivity index (χ2n) is 34.5. The summed E-state index contributed by atoms with van der Waals surface area (Å²) in [6.45, 7) is 7.95. The van der Waals surface area contributed by atoms with Crippen molar-refractivity contribution >= 4 is 141 Å². The van der Waals surface area contributed by atoms with Crippen molar-refractivity contribution in [1.82, 2.24) is 87.6 Å². The van der Waals surface area contributed by atoms with Gasteiger partial charge in [0.25, 0.3) is 0 Å². The fourth-order valence-corrected chi connectivity index (χ4v) is 16.7. The van der Waals surface area contributed by atoms with Gasteiger partial charge in [0.1, 0.15) is 78.8 Å². The Labute approximate surface area is 780 Å². The normalized spacial score (nSPS) is 16.9. The summed E-state index contributed by atoms with van der Waals surface area (Å²) in [6.07, 6.45) is -0.367. The minimum absolute atomic E-state index is 0.0157. The number of aromatic hydroxyl groups is 1. The minimum atomic E-state index is -1.77. The van der Waals surface area contributed by atoms with Crippen LogP contribution in [0.1, 0.15) is 109 Å². The first-order chi connectivity index (χ1) is 63.6. The molecule has 2 fully saturated rings. The van der Waals surface area contributed by atoms with E-state index in [-0.39, 0.29) is 101 Å². The Morgan fingerprint density at radius 3 is 1.94 bits per heavy atom. The zero-order valence-electron chi connectivity index (χ0n) is 76.9. The highest BCUT2D eigenvalue weighted by molar-refractivity contribution is 8.00. The van der Waals surface area contributed by atoms with Gasteiger partial charge in [-0.3, -0.25) is 76.7 Å². The average molecular weight is 1880 g/mol. The lowest BCUT2D eigenvalue weighted by molar-refractivity contribution is -0.145. The van der Waals surface area contributed by atoms with Crippen LogP contribution in [0, 0.1) is 11.8 Å². The summed E-state index contributed by atoms with van der Waals surface area (Å²) < 4.78 is 6.62. The van der Waals surface area contributed by atoms with Gasteiger partial charge in [-0.2, -0.15) is 0 Å². The van der Waals surface area contributed by atoms with E-state index in [4.69, 9.17) is 21.9 Å². The molecule has 15 amide bonds. The van der Waals surface area contributed by atoms with Gasteiger partial charge in [0.05, 0.1) is 37.0 Å². The van der Waals surface area contributed by atoms with Crippen LogP contribution in [0.25, 0.3) is 21.8 Å².